The van der Waals surface area contributed by atoms with E-state index in [1.165, 1.54) is 6.42 Å². The van der Waals surface area contributed by atoms with E-state index in [1.54, 1.807) is 18.6 Å². The Morgan fingerprint density at radius 2 is 2.25 bits per heavy atom. The molecule has 0 spiro atoms. The monoisotopic (exact) mass is 223 g/mol. The molecule has 0 aliphatic rings. The maximum absolute atomic E-state index is 5.46. The van der Waals surface area contributed by atoms with Crippen LogP contribution in [0.5, 0.6) is 0 Å². The van der Waals surface area contributed by atoms with Crippen molar-refractivity contribution in [1.29, 1.82) is 0 Å². The number of rotatable bonds is 8. The molecule has 0 bridgehead atoms. The Balaban J connectivity index is 2.09. The summed E-state index contributed by atoms with van der Waals surface area (Å²) < 4.78 is 5.46. The molecule has 1 atom stereocenters. The summed E-state index contributed by atoms with van der Waals surface area (Å²) in [6, 6.07) is 0.225. The van der Waals surface area contributed by atoms with Crippen molar-refractivity contribution in [3.63, 3.8) is 0 Å². The zero-order valence-electron chi connectivity index (χ0n) is 10.1. The first-order chi connectivity index (χ1) is 7.84. The lowest BCUT2D eigenvalue weighted by molar-refractivity contribution is 0.131. The second-order valence-corrected chi connectivity index (χ2v) is 3.77. The summed E-state index contributed by atoms with van der Waals surface area (Å²) >= 11 is 0. The molecule has 0 fully saturated rings. The Morgan fingerprint density at radius 1 is 1.38 bits per heavy atom. The van der Waals surface area contributed by atoms with Crippen LogP contribution in [0.1, 0.15) is 38.4 Å². The maximum Gasteiger partial charge on any atom is 0.0753 e. The molecule has 0 saturated carbocycles. The summed E-state index contributed by atoms with van der Waals surface area (Å²) in [6.45, 7) is 6.71. The van der Waals surface area contributed by atoms with Crippen molar-refractivity contribution in [2.24, 2.45) is 0 Å². The zero-order valence-corrected chi connectivity index (χ0v) is 10.1. The Kier molecular flexibility index (Phi) is 6.69. The van der Waals surface area contributed by atoms with Crippen LogP contribution in [0.4, 0.5) is 0 Å². The Bertz CT molecular complexity index is 266. The third-order valence-corrected chi connectivity index (χ3v) is 2.37. The number of nitrogens with one attached hydrogen (secondary N) is 1. The first kappa shape index (κ1) is 13.1. The molecule has 1 aromatic rings. The second kappa shape index (κ2) is 8.19. The first-order valence-electron chi connectivity index (χ1n) is 5.91. The SMILES string of the molecule is CCCCOCCNC(C)c1cnccn1. The van der Waals surface area contributed by atoms with Gasteiger partial charge in [0.15, 0.2) is 0 Å². The molecule has 4 heteroatoms. The van der Waals surface area contributed by atoms with Crippen molar-refractivity contribution >= 4 is 0 Å². The van der Waals surface area contributed by atoms with Gasteiger partial charge in [0.2, 0.25) is 0 Å². The maximum atomic E-state index is 5.46. The number of hydrogen-bond acceptors (Lipinski definition) is 4. The predicted octanol–water partition coefficient (Wildman–Crippen LogP) is 1.94. The summed E-state index contributed by atoms with van der Waals surface area (Å²) in [5.41, 5.74) is 0.969. The van der Waals surface area contributed by atoms with Crippen molar-refractivity contribution in [2.75, 3.05) is 19.8 Å². The van der Waals surface area contributed by atoms with Crippen LogP contribution in [0, 0.1) is 0 Å². The van der Waals surface area contributed by atoms with Gasteiger partial charge in [-0.3, -0.25) is 9.97 Å². The van der Waals surface area contributed by atoms with Crippen LogP contribution >= 0.6 is 0 Å². The van der Waals surface area contributed by atoms with Crippen molar-refractivity contribution < 1.29 is 4.74 Å². The summed E-state index contributed by atoms with van der Waals surface area (Å²) in [4.78, 5) is 8.28. The predicted molar refractivity (Wildman–Crippen MR) is 64.2 cm³/mol. The molecule has 1 rings (SSSR count). The van der Waals surface area contributed by atoms with E-state index in [4.69, 9.17) is 4.74 Å². The summed E-state index contributed by atoms with van der Waals surface area (Å²) in [6.07, 6.45) is 7.51. The van der Waals surface area contributed by atoms with E-state index in [-0.39, 0.29) is 6.04 Å². The summed E-state index contributed by atoms with van der Waals surface area (Å²) in [7, 11) is 0. The van der Waals surface area contributed by atoms with E-state index in [0.717, 1.165) is 31.9 Å². The number of unbranched alkanes of at least 4 members (excludes halogenated alkanes) is 1. The number of aromatic nitrogens is 2. The van der Waals surface area contributed by atoms with Gasteiger partial charge in [-0.25, -0.2) is 0 Å². The molecule has 0 aliphatic heterocycles. The summed E-state index contributed by atoms with van der Waals surface area (Å²) in [5.74, 6) is 0. The van der Waals surface area contributed by atoms with Gasteiger partial charge in [-0.1, -0.05) is 13.3 Å². The van der Waals surface area contributed by atoms with Gasteiger partial charge in [0.1, 0.15) is 0 Å². The molecular weight excluding hydrogens is 202 g/mol. The molecule has 16 heavy (non-hydrogen) atoms. The van der Waals surface area contributed by atoms with Crippen LogP contribution in [-0.2, 0) is 4.74 Å². The Labute approximate surface area is 97.5 Å². The van der Waals surface area contributed by atoms with Crippen LogP contribution in [0.2, 0.25) is 0 Å². The topological polar surface area (TPSA) is 47.0 Å². The smallest absolute Gasteiger partial charge is 0.0753 e. The minimum Gasteiger partial charge on any atom is -0.380 e. The van der Waals surface area contributed by atoms with Gasteiger partial charge in [-0.05, 0) is 13.3 Å². The van der Waals surface area contributed by atoms with E-state index in [9.17, 15) is 0 Å². The highest BCUT2D eigenvalue weighted by molar-refractivity contribution is 5.00. The molecule has 0 saturated heterocycles. The van der Waals surface area contributed by atoms with Crippen molar-refractivity contribution in [3.8, 4) is 0 Å². The minimum atomic E-state index is 0.225. The highest BCUT2D eigenvalue weighted by Crippen LogP contribution is 2.05. The first-order valence-corrected chi connectivity index (χ1v) is 5.91. The molecule has 0 aromatic carbocycles. The fourth-order valence-corrected chi connectivity index (χ4v) is 1.33. The van der Waals surface area contributed by atoms with Gasteiger partial charge < -0.3 is 10.1 Å². The lowest BCUT2D eigenvalue weighted by atomic mass is 10.2. The molecule has 1 unspecified atom stereocenters. The third-order valence-electron chi connectivity index (χ3n) is 2.37. The Hall–Kier alpha value is -1.00. The Morgan fingerprint density at radius 3 is 2.94 bits per heavy atom. The van der Waals surface area contributed by atoms with Crippen LogP contribution in [-0.4, -0.2) is 29.7 Å². The molecule has 1 heterocycles. The fraction of sp³-hybridized carbons (Fsp3) is 0.667. The van der Waals surface area contributed by atoms with E-state index < -0.39 is 0 Å². The average Bonchev–Trinajstić information content (AvgIpc) is 2.34. The fourth-order valence-electron chi connectivity index (χ4n) is 1.33. The van der Waals surface area contributed by atoms with E-state index >= 15 is 0 Å². The van der Waals surface area contributed by atoms with Crippen LogP contribution in [0.3, 0.4) is 0 Å². The van der Waals surface area contributed by atoms with Gasteiger partial charge in [-0.2, -0.15) is 0 Å². The van der Waals surface area contributed by atoms with E-state index in [2.05, 4.69) is 29.1 Å². The highest BCUT2D eigenvalue weighted by atomic mass is 16.5. The summed E-state index contributed by atoms with van der Waals surface area (Å²) in [5, 5.41) is 3.35. The highest BCUT2D eigenvalue weighted by Gasteiger charge is 2.04. The van der Waals surface area contributed by atoms with Crippen molar-refractivity contribution in [2.45, 2.75) is 32.7 Å². The lowest BCUT2D eigenvalue weighted by Gasteiger charge is -2.12. The molecule has 1 N–H and O–H groups in total. The number of hydrogen-bond donors (Lipinski definition) is 1. The molecule has 0 radical (unpaired) electrons. The van der Waals surface area contributed by atoms with E-state index in [1.807, 2.05) is 0 Å². The lowest BCUT2D eigenvalue weighted by Crippen LogP contribution is -2.24. The largest absolute Gasteiger partial charge is 0.380 e. The van der Waals surface area contributed by atoms with Gasteiger partial charge in [0.05, 0.1) is 12.3 Å². The average molecular weight is 223 g/mol. The van der Waals surface area contributed by atoms with Crippen LogP contribution in [0.15, 0.2) is 18.6 Å². The number of nitrogens with zero attached hydrogens (tertiary/aromatic N) is 2. The van der Waals surface area contributed by atoms with Crippen LogP contribution in [0.25, 0.3) is 0 Å². The van der Waals surface area contributed by atoms with Gasteiger partial charge in [0.25, 0.3) is 0 Å². The molecule has 0 amide bonds. The van der Waals surface area contributed by atoms with Crippen molar-refractivity contribution in [1.82, 2.24) is 15.3 Å². The van der Waals surface area contributed by atoms with Crippen molar-refractivity contribution in [3.05, 3.63) is 24.3 Å². The molecule has 90 valence electrons. The zero-order chi connectivity index (χ0) is 11.6. The standard InChI is InChI=1S/C12H21N3O/c1-3-4-8-16-9-7-14-11(2)12-10-13-5-6-15-12/h5-6,10-11,14H,3-4,7-9H2,1-2H3. The third kappa shape index (κ3) is 5.19. The second-order valence-electron chi connectivity index (χ2n) is 3.77. The number of ether oxygens (including phenoxy) is 1. The van der Waals surface area contributed by atoms with E-state index in [0.29, 0.717) is 0 Å². The quantitative estimate of drug-likeness (QED) is 0.684. The molecular formula is C12H21N3O. The van der Waals surface area contributed by atoms with Crippen LogP contribution < -0.4 is 5.32 Å². The molecule has 4 nitrogen and oxygen atoms in total. The van der Waals surface area contributed by atoms with Gasteiger partial charge in [-0.15, -0.1) is 0 Å². The van der Waals surface area contributed by atoms with Gasteiger partial charge >= 0.3 is 0 Å². The molecule has 1 aromatic heterocycles. The molecule has 0 aliphatic carbocycles. The van der Waals surface area contributed by atoms with Gasteiger partial charge in [0, 0.05) is 37.8 Å². The normalized spacial score (nSPS) is 12.6. The minimum absolute atomic E-state index is 0.225.